The van der Waals surface area contributed by atoms with E-state index in [1.54, 1.807) is 41.5 Å². The standard InChI is InChI=1S/C18H31N3O7/c1-17(2,3)27-15(24)19-9-13(22)20-11-8-12(14(23)26-7)21(10-11)16(25)28-18(4,5)6/h11-12H,8-10H2,1-7H3,(H,19,24)(H,20,22)/t11-,12+/m1/s1. The molecule has 1 saturated heterocycles. The third-order valence-electron chi connectivity index (χ3n) is 3.56. The van der Waals surface area contributed by atoms with Crippen LogP contribution in [0.1, 0.15) is 48.0 Å². The van der Waals surface area contributed by atoms with Crippen LogP contribution < -0.4 is 10.6 Å². The number of hydrogen-bond donors (Lipinski definition) is 2. The van der Waals surface area contributed by atoms with Crippen molar-refractivity contribution in [3.8, 4) is 0 Å². The summed E-state index contributed by atoms with van der Waals surface area (Å²) in [6.45, 7) is 10.1. The minimum Gasteiger partial charge on any atom is -0.467 e. The van der Waals surface area contributed by atoms with Crippen LogP contribution in [0.25, 0.3) is 0 Å². The Morgan fingerprint density at radius 2 is 1.57 bits per heavy atom. The summed E-state index contributed by atoms with van der Waals surface area (Å²) in [4.78, 5) is 49.3. The van der Waals surface area contributed by atoms with Crippen molar-refractivity contribution >= 4 is 24.1 Å². The number of nitrogens with zero attached hydrogens (tertiary/aromatic N) is 1. The van der Waals surface area contributed by atoms with Gasteiger partial charge in [0.15, 0.2) is 0 Å². The predicted octanol–water partition coefficient (Wildman–Crippen LogP) is 1.18. The molecular weight excluding hydrogens is 370 g/mol. The van der Waals surface area contributed by atoms with Gasteiger partial charge in [-0.3, -0.25) is 9.69 Å². The number of hydrogen-bond acceptors (Lipinski definition) is 7. The van der Waals surface area contributed by atoms with Crippen LogP contribution in [-0.4, -0.2) is 72.4 Å². The Morgan fingerprint density at radius 1 is 1.00 bits per heavy atom. The Morgan fingerprint density at radius 3 is 2.07 bits per heavy atom. The van der Waals surface area contributed by atoms with Crippen molar-refractivity contribution in [1.29, 1.82) is 0 Å². The zero-order valence-electron chi connectivity index (χ0n) is 17.6. The summed E-state index contributed by atoms with van der Waals surface area (Å²) in [5.41, 5.74) is -1.40. The predicted molar refractivity (Wildman–Crippen MR) is 99.5 cm³/mol. The Hall–Kier alpha value is -2.52. The molecule has 2 N–H and O–H groups in total. The molecule has 160 valence electrons. The van der Waals surface area contributed by atoms with Crippen LogP contribution in [-0.2, 0) is 23.8 Å². The van der Waals surface area contributed by atoms with Gasteiger partial charge >= 0.3 is 18.2 Å². The molecule has 1 rings (SSSR count). The van der Waals surface area contributed by atoms with E-state index < -0.39 is 47.3 Å². The van der Waals surface area contributed by atoms with Crippen molar-refractivity contribution in [3.05, 3.63) is 0 Å². The van der Waals surface area contributed by atoms with E-state index in [0.717, 1.165) is 0 Å². The molecule has 1 heterocycles. The molecule has 0 aliphatic carbocycles. The van der Waals surface area contributed by atoms with E-state index in [2.05, 4.69) is 10.6 Å². The van der Waals surface area contributed by atoms with Gasteiger partial charge in [0.25, 0.3) is 0 Å². The fourth-order valence-corrected chi connectivity index (χ4v) is 2.57. The van der Waals surface area contributed by atoms with Gasteiger partial charge in [-0.2, -0.15) is 0 Å². The molecule has 1 fully saturated rings. The number of nitrogens with one attached hydrogen (secondary N) is 2. The van der Waals surface area contributed by atoms with Gasteiger partial charge in [-0.1, -0.05) is 0 Å². The SMILES string of the molecule is COC(=O)[C@@H]1C[C@@H](NC(=O)CNC(=O)OC(C)(C)C)CN1C(=O)OC(C)(C)C. The first-order valence-corrected chi connectivity index (χ1v) is 9.05. The highest BCUT2D eigenvalue weighted by molar-refractivity contribution is 5.84. The van der Waals surface area contributed by atoms with E-state index >= 15 is 0 Å². The van der Waals surface area contributed by atoms with E-state index in [-0.39, 0.29) is 19.5 Å². The zero-order chi connectivity index (χ0) is 21.7. The van der Waals surface area contributed by atoms with Gasteiger partial charge in [-0.25, -0.2) is 14.4 Å². The molecule has 1 aliphatic rings. The second-order valence-electron chi connectivity index (χ2n) is 8.53. The number of ether oxygens (including phenoxy) is 3. The van der Waals surface area contributed by atoms with E-state index in [1.165, 1.54) is 12.0 Å². The highest BCUT2D eigenvalue weighted by atomic mass is 16.6. The molecule has 28 heavy (non-hydrogen) atoms. The first-order chi connectivity index (χ1) is 12.7. The number of amides is 3. The van der Waals surface area contributed by atoms with Crippen molar-refractivity contribution < 1.29 is 33.4 Å². The maximum absolute atomic E-state index is 12.4. The fourth-order valence-electron chi connectivity index (χ4n) is 2.57. The molecule has 0 saturated carbocycles. The van der Waals surface area contributed by atoms with Crippen LogP contribution in [0.15, 0.2) is 0 Å². The topological polar surface area (TPSA) is 123 Å². The number of carbonyl (C=O) groups excluding carboxylic acids is 4. The average molecular weight is 401 g/mol. The van der Waals surface area contributed by atoms with E-state index in [1.807, 2.05) is 0 Å². The molecule has 10 heteroatoms. The Bertz CT molecular complexity index is 607. The van der Waals surface area contributed by atoms with Crippen LogP contribution >= 0.6 is 0 Å². The minimum atomic E-state index is -0.857. The number of methoxy groups -OCH3 is 1. The third-order valence-corrected chi connectivity index (χ3v) is 3.56. The second-order valence-corrected chi connectivity index (χ2v) is 8.53. The Labute approximate surface area is 165 Å². The molecule has 2 atom stereocenters. The summed E-state index contributed by atoms with van der Waals surface area (Å²) in [6.07, 6.45) is -1.19. The quantitative estimate of drug-likeness (QED) is 0.535. The first-order valence-electron chi connectivity index (χ1n) is 9.05. The highest BCUT2D eigenvalue weighted by Crippen LogP contribution is 2.22. The normalized spacial score (nSPS) is 19.6. The molecular formula is C18H31N3O7. The van der Waals surface area contributed by atoms with Crippen LogP contribution in [0.4, 0.5) is 9.59 Å². The molecule has 10 nitrogen and oxygen atoms in total. The summed E-state index contributed by atoms with van der Waals surface area (Å²) >= 11 is 0. The molecule has 1 aliphatic heterocycles. The lowest BCUT2D eigenvalue weighted by atomic mass is 10.1. The van der Waals surface area contributed by atoms with Crippen LogP contribution in [0.2, 0.25) is 0 Å². The molecule has 0 unspecified atom stereocenters. The Kier molecular flexibility index (Phi) is 7.66. The lowest BCUT2D eigenvalue weighted by Crippen LogP contribution is -2.45. The van der Waals surface area contributed by atoms with Gasteiger partial charge in [-0.05, 0) is 41.5 Å². The Balaban J connectivity index is 2.64. The molecule has 3 amide bonds. The summed E-state index contributed by atoms with van der Waals surface area (Å²) in [5, 5.41) is 5.04. The third kappa shape index (κ3) is 8.01. The maximum Gasteiger partial charge on any atom is 0.411 e. The van der Waals surface area contributed by atoms with Gasteiger partial charge in [0.05, 0.1) is 7.11 Å². The summed E-state index contributed by atoms with van der Waals surface area (Å²) in [7, 11) is 1.23. The largest absolute Gasteiger partial charge is 0.467 e. The lowest BCUT2D eigenvalue weighted by molar-refractivity contribution is -0.145. The number of carbonyl (C=O) groups is 4. The first kappa shape index (κ1) is 23.5. The van der Waals surface area contributed by atoms with Crippen LogP contribution in [0.5, 0.6) is 0 Å². The molecule has 0 bridgehead atoms. The second kappa shape index (κ2) is 9.11. The van der Waals surface area contributed by atoms with E-state index in [0.29, 0.717) is 0 Å². The van der Waals surface area contributed by atoms with Gasteiger partial charge in [0, 0.05) is 19.0 Å². The number of alkyl carbamates (subject to hydrolysis) is 1. The number of likely N-dealkylation sites (tertiary alicyclic amines) is 1. The number of esters is 1. The highest BCUT2D eigenvalue weighted by Gasteiger charge is 2.42. The van der Waals surface area contributed by atoms with Gasteiger partial charge < -0.3 is 24.8 Å². The minimum absolute atomic E-state index is 0.0901. The van der Waals surface area contributed by atoms with Crippen molar-refractivity contribution in [2.24, 2.45) is 0 Å². The molecule has 0 aromatic heterocycles. The maximum atomic E-state index is 12.4. The number of rotatable bonds is 4. The van der Waals surface area contributed by atoms with Gasteiger partial charge in [-0.15, -0.1) is 0 Å². The van der Waals surface area contributed by atoms with E-state index in [9.17, 15) is 19.2 Å². The molecule has 0 aromatic carbocycles. The lowest BCUT2D eigenvalue weighted by Gasteiger charge is -2.27. The van der Waals surface area contributed by atoms with Crippen LogP contribution in [0.3, 0.4) is 0 Å². The van der Waals surface area contributed by atoms with Gasteiger partial charge in [0.2, 0.25) is 5.91 Å². The zero-order valence-corrected chi connectivity index (χ0v) is 17.6. The summed E-state index contributed by atoms with van der Waals surface area (Å²) in [6, 6.07) is -1.34. The smallest absolute Gasteiger partial charge is 0.411 e. The van der Waals surface area contributed by atoms with Crippen molar-refractivity contribution in [1.82, 2.24) is 15.5 Å². The van der Waals surface area contributed by atoms with Crippen molar-refractivity contribution in [2.75, 3.05) is 20.2 Å². The molecule has 0 radical (unpaired) electrons. The summed E-state index contributed by atoms with van der Waals surface area (Å²) in [5.74, 6) is -1.06. The summed E-state index contributed by atoms with van der Waals surface area (Å²) < 4.78 is 15.1. The monoisotopic (exact) mass is 401 g/mol. The molecule has 0 spiro atoms. The van der Waals surface area contributed by atoms with Gasteiger partial charge in [0.1, 0.15) is 23.8 Å². The fraction of sp³-hybridized carbons (Fsp3) is 0.778. The molecule has 0 aromatic rings. The van der Waals surface area contributed by atoms with Crippen molar-refractivity contribution in [3.63, 3.8) is 0 Å². The average Bonchev–Trinajstić information content (AvgIpc) is 2.93. The van der Waals surface area contributed by atoms with Crippen LogP contribution in [0, 0.1) is 0 Å². The van der Waals surface area contributed by atoms with Crippen molar-refractivity contribution in [2.45, 2.75) is 71.2 Å². The van der Waals surface area contributed by atoms with E-state index in [4.69, 9.17) is 14.2 Å².